The van der Waals surface area contributed by atoms with Gasteiger partial charge in [-0.25, -0.2) is 0 Å². The van der Waals surface area contributed by atoms with Crippen LogP contribution in [-0.4, -0.2) is 32.7 Å². The normalized spacial score (nSPS) is 21.9. The maximum atomic E-state index is 6.66. The predicted octanol–water partition coefficient (Wildman–Crippen LogP) is 6.14. The molecule has 1 aliphatic rings. The Morgan fingerprint density at radius 2 is 1.60 bits per heavy atom. The Bertz CT molecular complexity index is 436. The first-order chi connectivity index (χ1) is 11.2. The maximum Gasteiger partial charge on any atom is 0.486 e. The van der Waals surface area contributed by atoms with E-state index < -0.39 is 8.32 Å². The number of rotatable bonds is 8. The molecule has 0 aromatic carbocycles. The monoisotopic (exact) mass is 368 g/mol. The van der Waals surface area contributed by atoms with Gasteiger partial charge < -0.3 is 13.7 Å². The van der Waals surface area contributed by atoms with Crippen LogP contribution in [-0.2, 0) is 13.7 Å². The molecule has 146 valence electrons. The molecule has 1 rings (SSSR count). The van der Waals surface area contributed by atoms with Crippen LogP contribution >= 0.6 is 0 Å². The molecule has 0 amide bonds. The molecule has 1 unspecified atom stereocenters. The Morgan fingerprint density at radius 3 is 2.04 bits per heavy atom. The summed E-state index contributed by atoms with van der Waals surface area (Å²) >= 11 is 0. The standard InChI is InChI=1S/C20H41BO3Si/c1-11-12-14-17(22-25(9,10)18(2,3)4)15-13-16-21-23-19(5,6)20(7,8)24-21/h13,16-17H,11-12,14-15H2,1-10H3/b16-13+. The second-order valence-corrected chi connectivity index (χ2v) is 14.7. The molecule has 0 saturated carbocycles. The molecular weight excluding hydrogens is 327 g/mol. The molecular formula is C20H41BO3Si. The van der Waals surface area contributed by atoms with E-state index in [9.17, 15) is 0 Å². The van der Waals surface area contributed by atoms with E-state index in [-0.39, 0.29) is 23.4 Å². The van der Waals surface area contributed by atoms with Crippen molar-refractivity contribution in [3.05, 3.63) is 12.1 Å². The first-order valence-electron chi connectivity index (χ1n) is 9.92. The first kappa shape index (κ1) is 22.9. The highest BCUT2D eigenvalue weighted by molar-refractivity contribution is 6.74. The van der Waals surface area contributed by atoms with Gasteiger partial charge in [-0.1, -0.05) is 52.6 Å². The van der Waals surface area contributed by atoms with E-state index in [4.69, 9.17) is 13.7 Å². The van der Waals surface area contributed by atoms with Gasteiger partial charge in [0.1, 0.15) is 0 Å². The summed E-state index contributed by atoms with van der Waals surface area (Å²) in [7, 11) is -2.00. The van der Waals surface area contributed by atoms with E-state index in [1.807, 2.05) is 0 Å². The van der Waals surface area contributed by atoms with Crippen molar-refractivity contribution in [1.29, 1.82) is 0 Å². The Balaban J connectivity index is 2.68. The van der Waals surface area contributed by atoms with Crippen LogP contribution < -0.4 is 0 Å². The molecule has 0 aliphatic carbocycles. The van der Waals surface area contributed by atoms with Gasteiger partial charge in [0.05, 0.1) is 11.2 Å². The van der Waals surface area contributed by atoms with Gasteiger partial charge in [0.2, 0.25) is 0 Å². The summed E-state index contributed by atoms with van der Waals surface area (Å²) < 4.78 is 18.7. The molecule has 0 bridgehead atoms. The zero-order valence-corrected chi connectivity index (χ0v) is 19.4. The van der Waals surface area contributed by atoms with Crippen LogP contribution in [0.1, 0.15) is 81.1 Å². The fourth-order valence-corrected chi connectivity index (χ4v) is 3.96. The molecule has 1 aliphatic heterocycles. The molecule has 1 fully saturated rings. The summed E-state index contributed by atoms with van der Waals surface area (Å²) in [4.78, 5) is 0. The van der Waals surface area contributed by atoms with E-state index in [1.165, 1.54) is 12.8 Å². The molecule has 0 spiro atoms. The van der Waals surface area contributed by atoms with Crippen molar-refractivity contribution in [2.24, 2.45) is 0 Å². The SMILES string of the molecule is CCCCC(C/C=C/B1OC(C)(C)C(C)(C)O1)O[Si](C)(C)C(C)(C)C. The third kappa shape index (κ3) is 6.23. The van der Waals surface area contributed by atoms with E-state index >= 15 is 0 Å². The molecule has 1 heterocycles. The Kier molecular flexibility index (Phi) is 7.60. The lowest BCUT2D eigenvalue weighted by molar-refractivity contribution is 0.00578. The van der Waals surface area contributed by atoms with Crippen molar-refractivity contribution in [1.82, 2.24) is 0 Å². The van der Waals surface area contributed by atoms with Crippen LogP contribution in [0.25, 0.3) is 0 Å². The smallest absolute Gasteiger partial charge is 0.414 e. The lowest BCUT2D eigenvalue weighted by atomic mass is 9.89. The van der Waals surface area contributed by atoms with Crippen molar-refractivity contribution in [2.45, 2.75) is 117 Å². The fraction of sp³-hybridized carbons (Fsp3) is 0.900. The Labute approximate surface area is 158 Å². The maximum absolute atomic E-state index is 6.66. The van der Waals surface area contributed by atoms with Gasteiger partial charge in [-0.15, -0.1) is 0 Å². The summed E-state index contributed by atoms with van der Waals surface area (Å²) in [5.74, 6) is 2.06. The van der Waals surface area contributed by atoms with Gasteiger partial charge >= 0.3 is 7.12 Å². The molecule has 0 radical (unpaired) electrons. The largest absolute Gasteiger partial charge is 0.486 e. The highest BCUT2D eigenvalue weighted by Gasteiger charge is 2.50. The Hall–Kier alpha value is -0.0982. The van der Waals surface area contributed by atoms with Crippen molar-refractivity contribution in [2.75, 3.05) is 0 Å². The molecule has 1 saturated heterocycles. The molecule has 1 atom stereocenters. The minimum absolute atomic E-state index is 0.243. The summed E-state index contributed by atoms with van der Waals surface area (Å²) in [5, 5.41) is 0.243. The number of unbranched alkanes of at least 4 members (excludes halogenated alkanes) is 1. The van der Waals surface area contributed by atoms with Gasteiger partial charge in [-0.05, 0) is 58.7 Å². The molecule has 0 N–H and O–H groups in total. The lowest BCUT2D eigenvalue weighted by Gasteiger charge is -2.39. The minimum Gasteiger partial charge on any atom is -0.414 e. The van der Waals surface area contributed by atoms with Crippen LogP contribution in [0.2, 0.25) is 18.1 Å². The van der Waals surface area contributed by atoms with Crippen molar-refractivity contribution in [3.8, 4) is 0 Å². The summed E-state index contributed by atoms with van der Waals surface area (Å²) in [6.45, 7) is 22.2. The first-order valence-corrected chi connectivity index (χ1v) is 12.8. The van der Waals surface area contributed by atoms with Crippen LogP contribution in [0.3, 0.4) is 0 Å². The van der Waals surface area contributed by atoms with Crippen molar-refractivity contribution in [3.63, 3.8) is 0 Å². The minimum atomic E-state index is -1.74. The van der Waals surface area contributed by atoms with E-state index in [1.54, 1.807) is 0 Å². The molecule has 0 aromatic rings. The number of hydrogen-bond donors (Lipinski definition) is 0. The average Bonchev–Trinajstić information content (AvgIpc) is 2.62. The summed E-state index contributed by atoms with van der Waals surface area (Å²) in [5.41, 5.74) is -0.553. The lowest BCUT2D eigenvalue weighted by Crippen LogP contribution is -2.43. The van der Waals surface area contributed by atoms with Crippen LogP contribution in [0.15, 0.2) is 12.1 Å². The van der Waals surface area contributed by atoms with E-state index in [2.05, 4.69) is 80.5 Å². The van der Waals surface area contributed by atoms with Crippen molar-refractivity contribution < 1.29 is 13.7 Å². The van der Waals surface area contributed by atoms with Gasteiger partial charge in [0.15, 0.2) is 8.32 Å². The highest BCUT2D eigenvalue weighted by atomic mass is 28.4. The predicted molar refractivity (Wildman–Crippen MR) is 111 cm³/mol. The zero-order chi connectivity index (χ0) is 19.5. The highest BCUT2D eigenvalue weighted by Crippen LogP contribution is 2.39. The van der Waals surface area contributed by atoms with Gasteiger partial charge in [-0.2, -0.15) is 0 Å². The van der Waals surface area contributed by atoms with E-state index in [0.29, 0.717) is 6.10 Å². The molecule has 25 heavy (non-hydrogen) atoms. The van der Waals surface area contributed by atoms with Crippen LogP contribution in [0, 0.1) is 0 Å². The summed E-state index contributed by atoms with van der Waals surface area (Å²) in [6.07, 6.45) is 6.95. The topological polar surface area (TPSA) is 27.7 Å². The average molecular weight is 368 g/mol. The second kappa shape index (κ2) is 8.28. The van der Waals surface area contributed by atoms with Crippen LogP contribution in [0.5, 0.6) is 0 Å². The molecule has 5 heteroatoms. The number of hydrogen-bond acceptors (Lipinski definition) is 3. The fourth-order valence-electron chi connectivity index (χ4n) is 2.56. The van der Waals surface area contributed by atoms with E-state index in [0.717, 1.165) is 12.8 Å². The van der Waals surface area contributed by atoms with Crippen LogP contribution in [0.4, 0.5) is 0 Å². The second-order valence-electron chi connectivity index (χ2n) is 9.93. The summed E-state index contributed by atoms with van der Waals surface area (Å²) in [6, 6.07) is 0. The molecule has 3 nitrogen and oxygen atoms in total. The third-order valence-corrected chi connectivity index (χ3v) is 10.6. The van der Waals surface area contributed by atoms with Gasteiger partial charge in [-0.3, -0.25) is 0 Å². The molecule has 0 aromatic heterocycles. The third-order valence-electron chi connectivity index (χ3n) is 6.11. The van der Waals surface area contributed by atoms with Crippen molar-refractivity contribution >= 4 is 15.4 Å². The quantitative estimate of drug-likeness (QED) is 0.481. The van der Waals surface area contributed by atoms with Gasteiger partial charge in [0, 0.05) is 6.10 Å². The van der Waals surface area contributed by atoms with Gasteiger partial charge in [0.25, 0.3) is 0 Å². The Morgan fingerprint density at radius 1 is 1.08 bits per heavy atom. The zero-order valence-electron chi connectivity index (χ0n) is 18.4.